The van der Waals surface area contributed by atoms with Crippen LogP contribution in [0.4, 0.5) is 0 Å². The highest BCUT2D eigenvalue weighted by Crippen LogP contribution is 2.07. The van der Waals surface area contributed by atoms with Gasteiger partial charge >= 0.3 is 0 Å². The van der Waals surface area contributed by atoms with Crippen molar-refractivity contribution < 1.29 is 0 Å². The maximum Gasteiger partial charge on any atom is 0.141 e. The lowest BCUT2D eigenvalue weighted by Crippen LogP contribution is -1.97. The summed E-state index contributed by atoms with van der Waals surface area (Å²) in [6, 6.07) is 0. The van der Waals surface area contributed by atoms with Crippen molar-refractivity contribution in [1.82, 2.24) is 4.72 Å². The molecule has 1 N–H and O–H groups in total. The molecule has 0 amide bonds. The SMILES string of the molecule is N#CS1=CCCN1. The molecule has 38 valence electrons. The molecular formula is C4H6N2S. The number of nitrogens with one attached hydrogen (secondary N) is 1. The van der Waals surface area contributed by atoms with Crippen LogP contribution in [0.5, 0.6) is 0 Å². The fourth-order valence-corrected chi connectivity index (χ4v) is 1.42. The van der Waals surface area contributed by atoms with Crippen molar-refractivity contribution in [2.24, 2.45) is 0 Å². The summed E-state index contributed by atoms with van der Waals surface area (Å²) in [4.78, 5) is 0. The summed E-state index contributed by atoms with van der Waals surface area (Å²) in [5.74, 6) is 0. The third-order valence-electron chi connectivity index (χ3n) is 0.785. The summed E-state index contributed by atoms with van der Waals surface area (Å²) in [5.41, 5.74) is 0. The molecule has 0 saturated heterocycles. The van der Waals surface area contributed by atoms with Gasteiger partial charge in [0.05, 0.1) is 0 Å². The Labute approximate surface area is 45.2 Å². The van der Waals surface area contributed by atoms with Crippen LogP contribution in [0.2, 0.25) is 0 Å². The predicted molar refractivity (Wildman–Crippen MR) is 31.9 cm³/mol. The quantitative estimate of drug-likeness (QED) is 0.366. The van der Waals surface area contributed by atoms with Crippen LogP contribution in [0.1, 0.15) is 6.42 Å². The van der Waals surface area contributed by atoms with Crippen molar-refractivity contribution >= 4 is 16.0 Å². The number of hydrogen-bond donors (Lipinski definition) is 1. The minimum absolute atomic E-state index is 0.204. The first-order valence-electron chi connectivity index (χ1n) is 2.13. The molecule has 1 atom stereocenters. The van der Waals surface area contributed by atoms with Crippen LogP contribution < -0.4 is 4.72 Å². The Balaban J connectivity index is 2.57. The average Bonchev–Trinajstić information content (AvgIpc) is 2.14. The Morgan fingerprint density at radius 3 is 3.00 bits per heavy atom. The van der Waals surface area contributed by atoms with Gasteiger partial charge in [-0.3, -0.25) is 4.72 Å². The molecule has 0 spiro atoms. The first-order valence-corrected chi connectivity index (χ1v) is 3.42. The molecule has 0 aliphatic carbocycles. The zero-order valence-corrected chi connectivity index (χ0v) is 4.66. The van der Waals surface area contributed by atoms with Crippen molar-refractivity contribution in [2.75, 3.05) is 6.54 Å². The summed E-state index contributed by atoms with van der Waals surface area (Å²) < 4.78 is 3.02. The molecule has 1 unspecified atom stereocenters. The van der Waals surface area contributed by atoms with E-state index in [4.69, 9.17) is 5.26 Å². The Bertz CT molecular complexity index is 133. The minimum atomic E-state index is -0.204. The number of hydrogen-bond acceptors (Lipinski definition) is 2. The minimum Gasteiger partial charge on any atom is -0.258 e. The van der Waals surface area contributed by atoms with Gasteiger partial charge in [0.25, 0.3) is 0 Å². The monoisotopic (exact) mass is 114 g/mol. The molecule has 1 rings (SSSR count). The molecule has 0 aromatic heterocycles. The van der Waals surface area contributed by atoms with Crippen LogP contribution in [0.15, 0.2) is 0 Å². The molecular weight excluding hydrogens is 108 g/mol. The molecule has 0 radical (unpaired) electrons. The van der Waals surface area contributed by atoms with E-state index in [0.717, 1.165) is 13.0 Å². The number of thiocyanates is 1. The van der Waals surface area contributed by atoms with Gasteiger partial charge in [-0.25, -0.2) is 0 Å². The van der Waals surface area contributed by atoms with E-state index in [1.807, 2.05) is 5.37 Å². The second-order valence-electron chi connectivity index (χ2n) is 1.28. The van der Waals surface area contributed by atoms with Crippen LogP contribution in [-0.4, -0.2) is 11.9 Å². The normalized spacial score (nSPS) is 28.7. The predicted octanol–water partition coefficient (Wildman–Crippen LogP) is 0.447. The summed E-state index contributed by atoms with van der Waals surface area (Å²) in [6.07, 6.45) is 1.05. The summed E-state index contributed by atoms with van der Waals surface area (Å²) in [7, 11) is -0.204. The van der Waals surface area contributed by atoms with Gasteiger partial charge < -0.3 is 0 Å². The van der Waals surface area contributed by atoms with E-state index in [-0.39, 0.29) is 10.7 Å². The van der Waals surface area contributed by atoms with Gasteiger partial charge in [0, 0.05) is 6.54 Å². The average molecular weight is 114 g/mol. The molecule has 0 saturated carbocycles. The summed E-state index contributed by atoms with van der Waals surface area (Å²) in [6.45, 7) is 0.983. The first-order chi connectivity index (χ1) is 3.43. The van der Waals surface area contributed by atoms with Crippen LogP contribution in [0.25, 0.3) is 0 Å². The van der Waals surface area contributed by atoms with E-state index in [0.29, 0.717) is 0 Å². The second-order valence-corrected chi connectivity index (χ2v) is 2.76. The molecule has 7 heavy (non-hydrogen) atoms. The van der Waals surface area contributed by atoms with E-state index in [1.54, 1.807) is 0 Å². The van der Waals surface area contributed by atoms with E-state index in [1.165, 1.54) is 0 Å². The van der Waals surface area contributed by atoms with Gasteiger partial charge in [-0.15, -0.1) is 0 Å². The van der Waals surface area contributed by atoms with Gasteiger partial charge in [0.2, 0.25) is 0 Å². The summed E-state index contributed by atoms with van der Waals surface area (Å²) in [5, 5.41) is 12.4. The Kier molecular flexibility index (Phi) is 1.45. The largest absolute Gasteiger partial charge is 0.258 e. The molecule has 0 fully saturated rings. The molecule has 2 nitrogen and oxygen atoms in total. The Morgan fingerprint density at radius 1 is 1.86 bits per heavy atom. The van der Waals surface area contributed by atoms with E-state index < -0.39 is 0 Å². The van der Waals surface area contributed by atoms with Crippen molar-refractivity contribution in [3.63, 3.8) is 0 Å². The smallest absolute Gasteiger partial charge is 0.141 e. The van der Waals surface area contributed by atoms with Crippen molar-refractivity contribution in [1.29, 1.82) is 5.26 Å². The van der Waals surface area contributed by atoms with Crippen molar-refractivity contribution in [3.05, 3.63) is 0 Å². The molecule has 1 aliphatic rings. The highest BCUT2D eigenvalue weighted by molar-refractivity contribution is 8.17. The molecule has 1 aliphatic heterocycles. The lowest BCUT2D eigenvalue weighted by Gasteiger charge is -1.84. The van der Waals surface area contributed by atoms with Crippen LogP contribution in [0.3, 0.4) is 0 Å². The zero-order chi connectivity index (χ0) is 5.11. The number of rotatable bonds is 0. The maximum absolute atomic E-state index is 8.23. The van der Waals surface area contributed by atoms with Gasteiger partial charge in [-0.2, -0.15) is 5.26 Å². The Morgan fingerprint density at radius 2 is 2.71 bits per heavy atom. The second kappa shape index (κ2) is 2.10. The highest BCUT2D eigenvalue weighted by atomic mass is 32.2. The zero-order valence-electron chi connectivity index (χ0n) is 3.85. The highest BCUT2D eigenvalue weighted by Gasteiger charge is 1.96. The third kappa shape index (κ3) is 1.02. The van der Waals surface area contributed by atoms with E-state index in [9.17, 15) is 0 Å². The Hall–Kier alpha value is -0.330. The first kappa shape index (κ1) is 4.82. The topological polar surface area (TPSA) is 35.8 Å². The van der Waals surface area contributed by atoms with Gasteiger partial charge in [-0.05, 0) is 22.5 Å². The van der Waals surface area contributed by atoms with Crippen LogP contribution in [-0.2, 0) is 0 Å². The van der Waals surface area contributed by atoms with Crippen LogP contribution in [0, 0.1) is 10.7 Å². The van der Waals surface area contributed by atoms with Gasteiger partial charge in [0.1, 0.15) is 5.40 Å². The molecule has 0 aromatic rings. The van der Waals surface area contributed by atoms with Gasteiger partial charge in [-0.1, -0.05) is 0 Å². The van der Waals surface area contributed by atoms with E-state index in [2.05, 4.69) is 10.1 Å². The van der Waals surface area contributed by atoms with E-state index >= 15 is 0 Å². The molecule has 1 heterocycles. The summed E-state index contributed by atoms with van der Waals surface area (Å²) >= 11 is 0. The lowest BCUT2D eigenvalue weighted by atomic mass is 10.5. The maximum atomic E-state index is 8.23. The fourth-order valence-electron chi connectivity index (χ4n) is 0.474. The standard InChI is InChI=1S/C4H6N2S/c5-4-7-3-1-2-6-7/h3,6H,1-2H2. The van der Waals surface area contributed by atoms with Gasteiger partial charge in [0.15, 0.2) is 0 Å². The van der Waals surface area contributed by atoms with Crippen LogP contribution >= 0.6 is 10.7 Å². The van der Waals surface area contributed by atoms with Crippen molar-refractivity contribution in [3.8, 4) is 5.40 Å². The third-order valence-corrected chi connectivity index (χ3v) is 2.07. The molecule has 0 aromatic carbocycles. The number of nitriles is 1. The molecule has 0 bridgehead atoms. The van der Waals surface area contributed by atoms with Crippen molar-refractivity contribution in [2.45, 2.75) is 6.42 Å². The fraction of sp³-hybridized carbons (Fsp3) is 0.500. The molecule has 3 heteroatoms. The lowest BCUT2D eigenvalue weighted by molar-refractivity contribution is 1.00. The number of nitrogens with zero attached hydrogens (tertiary/aromatic N) is 1.